The first-order valence-electron chi connectivity index (χ1n) is 12.2. The molecule has 0 unspecified atom stereocenters. The van der Waals surface area contributed by atoms with Crippen LogP contribution in [0.25, 0.3) is 73.4 Å². The van der Waals surface area contributed by atoms with Gasteiger partial charge in [-0.3, -0.25) is 0 Å². The highest BCUT2D eigenvalue weighted by Gasteiger charge is 2.14. The summed E-state index contributed by atoms with van der Waals surface area (Å²) in [7, 11) is 0. The second-order valence-corrected chi connectivity index (χ2v) is 11.5. The number of fused-ring (bicyclic) bond motifs is 7. The molecule has 0 aliphatic carbocycles. The van der Waals surface area contributed by atoms with Gasteiger partial charge in [-0.1, -0.05) is 91.0 Å². The van der Waals surface area contributed by atoms with Gasteiger partial charge in [-0.25, -0.2) is 0 Å². The van der Waals surface area contributed by atoms with Gasteiger partial charge in [-0.2, -0.15) is 0 Å². The molecule has 0 atom stereocenters. The van der Waals surface area contributed by atoms with Crippen molar-refractivity contribution in [3.05, 3.63) is 121 Å². The molecule has 0 saturated carbocycles. The highest BCUT2D eigenvalue weighted by molar-refractivity contribution is 7.36. The van der Waals surface area contributed by atoms with Crippen molar-refractivity contribution in [2.24, 2.45) is 0 Å². The summed E-state index contributed by atoms with van der Waals surface area (Å²) in [6, 6.07) is 44.5. The molecule has 0 fully saturated rings. The fraction of sp³-hybridized carbons (Fsp3) is 0. The Kier molecular flexibility index (Phi) is 4.36. The Morgan fingerprint density at radius 2 is 0.806 bits per heavy atom. The van der Waals surface area contributed by atoms with Crippen LogP contribution >= 0.6 is 22.7 Å². The molecule has 2 heteroatoms. The van der Waals surface area contributed by atoms with Gasteiger partial charge < -0.3 is 0 Å². The summed E-state index contributed by atoms with van der Waals surface area (Å²) in [6.07, 6.45) is 0. The molecule has 8 rings (SSSR count). The summed E-state index contributed by atoms with van der Waals surface area (Å²) in [6.45, 7) is 0. The normalized spacial score (nSPS) is 11.9. The van der Waals surface area contributed by atoms with Crippen molar-refractivity contribution in [2.75, 3.05) is 0 Å². The minimum Gasteiger partial charge on any atom is -0.134 e. The van der Waals surface area contributed by atoms with Crippen LogP contribution in [0.2, 0.25) is 0 Å². The molecule has 2 aromatic heterocycles. The van der Waals surface area contributed by atoms with E-state index in [9.17, 15) is 0 Å². The van der Waals surface area contributed by atoms with Gasteiger partial charge in [-0.15, -0.1) is 22.7 Å². The number of hydrogen-bond donors (Lipinski definition) is 0. The third-order valence-corrected chi connectivity index (χ3v) is 9.73. The van der Waals surface area contributed by atoms with E-state index >= 15 is 0 Å². The summed E-state index contributed by atoms with van der Waals surface area (Å²) in [5, 5.41) is 8.00. The van der Waals surface area contributed by atoms with Crippen LogP contribution in [0.5, 0.6) is 0 Å². The van der Waals surface area contributed by atoms with Gasteiger partial charge in [-0.05, 0) is 74.1 Å². The monoisotopic (exact) mass is 492 g/mol. The lowest BCUT2D eigenvalue weighted by Gasteiger charge is -2.07. The smallest absolute Gasteiger partial charge is 0.0542 e. The molecular formula is C34H20S2. The molecule has 0 radical (unpaired) electrons. The van der Waals surface area contributed by atoms with Gasteiger partial charge in [0.1, 0.15) is 0 Å². The predicted molar refractivity (Wildman–Crippen MR) is 161 cm³/mol. The van der Waals surface area contributed by atoms with Crippen molar-refractivity contribution in [1.82, 2.24) is 0 Å². The van der Waals surface area contributed by atoms with Crippen LogP contribution in [0.15, 0.2) is 121 Å². The van der Waals surface area contributed by atoms with Crippen molar-refractivity contribution >= 4 is 73.8 Å². The largest absolute Gasteiger partial charge is 0.134 e. The Hall–Kier alpha value is -3.98. The number of rotatable bonds is 2. The quantitative estimate of drug-likeness (QED) is 0.225. The van der Waals surface area contributed by atoms with Crippen LogP contribution in [-0.2, 0) is 0 Å². The second-order valence-electron chi connectivity index (χ2n) is 9.41. The maximum Gasteiger partial charge on any atom is 0.0542 e. The number of thiophene rings is 2. The van der Waals surface area contributed by atoms with E-state index < -0.39 is 0 Å². The Bertz CT molecular complexity index is 2070. The first kappa shape index (κ1) is 20.2. The van der Waals surface area contributed by atoms with Crippen LogP contribution in [0.3, 0.4) is 0 Å². The van der Waals surface area contributed by atoms with Gasteiger partial charge >= 0.3 is 0 Å². The third-order valence-electron chi connectivity index (χ3n) is 7.23. The fourth-order valence-corrected chi connectivity index (χ4v) is 8.05. The summed E-state index contributed by atoms with van der Waals surface area (Å²) in [4.78, 5) is 0. The minimum atomic E-state index is 1.25. The minimum absolute atomic E-state index is 1.25. The molecule has 0 bridgehead atoms. The molecule has 8 aromatic rings. The van der Waals surface area contributed by atoms with Crippen molar-refractivity contribution in [3.8, 4) is 22.3 Å². The third kappa shape index (κ3) is 3.12. The topological polar surface area (TPSA) is 0 Å². The highest BCUT2D eigenvalue weighted by Crippen LogP contribution is 2.46. The zero-order valence-electron chi connectivity index (χ0n) is 19.4. The van der Waals surface area contributed by atoms with Crippen LogP contribution < -0.4 is 0 Å². The Morgan fingerprint density at radius 3 is 1.47 bits per heavy atom. The van der Waals surface area contributed by atoms with Crippen LogP contribution in [0.4, 0.5) is 0 Å². The van der Waals surface area contributed by atoms with Crippen molar-refractivity contribution in [2.45, 2.75) is 0 Å². The average Bonchev–Trinajstić information content (AvgIpc) is 3.46. The summed E-state index contributed by atoms with van der Waals surface area (Å²) < 4.78 is 5.59. The zero-order valence-corrected chi connectivity index (χ0v) is 21.0. The van der Waals surface area contributed by atoms with Gasteiger partial charge in [0.25, 0.3) is 0 Å². The predicted octanol–water partition coefficient (Wildman–Crippen LogP) is 10.9. The molecular weight excluding hydrogens is 473 g/mol. The second kappa shape index (κ2) is 7.76. The van der Waals surface area contributed by atoms with E-state index in [0.717, 1.165) is 0 Å². The molecule has 6 aromatic carbocycles. The average molecular weight is 493 g/mol. The summed E-state index contributed by atoms with van der Waals surface area (Å²) >= 11 is 3.86. The molecule has 0 aliphatic heterocycles. The summed E-state index contributed by atoms with van der Waals surface area (Å²) in [5.41, 5.74) is 5.02. The van der Waals surface area contributed by atoms with Gasteiger partial charge in [0, 0.05) is 20.2 Å². The number of benzene rings is 6. The number of hydrogen-bond acceptors (Lipinski definition) is 2. The van der Waals surface area contributed by atoms with Gasteiger partial charge in [0.05, 0.1) is 9.40 Å². The summed E-state index contributed by atoms with van der Waals surface area (Å²) in [5.74, 6) is 0. The van der Waals surface area contributed by atoms with Crippen molar-refractivity contribution < 1.29 is 0 Å². The Labute approximate surface area is 216 Å². The van der Waals surface area contributed by atoms with Crippen LogP contribution in [0, 0.1) is 0 Å². The molecule has 0 aliphatic rings. The molecule has 2 heterocycles. The first-order chi connectivity index (χ1) is 17.8. The molecule has 0 nitrogen and oxygen atoms in total. The van der Waals surface area contributed by atoms with Crippen LogP contribution in [0.1, 0.15) is 0 Å². The lowest BCUT2D eigenvalue weighted by atomic mass is 9.98. The lowest BCUT2D eigenvalue weighted by Crippen LogP contribution is -1.81. The van der Waals surface area contributed by atoms with Gasteiger partial charge in [0.15, 0.2) is 0 Å². The molecule has 168 valence electrons. The van der Waals surface area contributed by atoms with E-state index in [1.807, 2.05) is 22.7 Å². The zero-order chi connectivity index (χ0) is 23.6. The van der Waals surface area contributed by atoms with E-state index in [1.165, 1.54) is 73.4 Å². The molecule has 36 heavy (non-hydrogen) atoms. The van der Waals surface area contributed by atoms with E-state index in [2.05, 4.69) is 121 Å². The Morgan fingerprint density at radius 1 is 0.333 bits per heavy atom. The van der Waals surface area contributed by atoms with Gasteiger partial charge in [0.2, 0.25) is 0 Å². The lowest BCUT2D eigenvalue weighted by molar-refractivity contribution is 1.60. The van der Waals surface area contributed by atoms with E-state index in [4.69, 9.17) is 0 Å². The fourth-order valence-electron chi connectivity index (χ4n) is 5.35. The molecule has 0 amide bonds. The van der Waals surface area contributed by atoms with Crippen molar-refractivity contribution in [3.63, 3.8) is 0 Å². The van der Waals surface area contributed by atoms with E-state index in [-0.39, 0.29) is 0 Å². The van der Waals surface area contributed by atoms with Crippen LogP contribution in [-0.4, -0.2) is 0 Å². The molecule has 0 N–H and O–H groups in total. The SMILES string of the molecule is c1ccc(-c2ccc(-c3ccc4cc5c(cc4c3)sc3c4cc6ccccc6cc4sc53)cc2)cc1. The Balaban J connectivity index is 1.25. The van der Waals surface area contributed by atoms with E-state index in [0.29, 0.717) is 0 Å². The van der Waals surface area contributed by atoms with Crippen molar-refractivity contribution in [1.29, 1.82) is 0 Å². The highest BCUT2D eigenvalue weighted by atomic mass is 32.1. The maximum atomic E-state index is 2.39. The maximum absolute atomic E-state index is 2.39. The first-order valence-corrected chi connectivity index (χ1v) is 13.8. The molecule has 0 saturated heterocycles. The van der Waals surface area contributed by atoms with E-state index in [1.54, 1.807) is 0 Å². The standard InChI is InChI=1S/C34H20S2/c1-2-6-21(7-3-1)22-10-12-23(13-11-22)26-14-15-27-18-30-32(20-28(27)16-26)36-33-29-17-24-8-4-5-9-25(24)19-31(29)35-34(30)33/h1-20H. The molecule has 0 spiro atoms.